The number of ether oxygens (including phenoxy) is 1. The number of aryl methyl sites for hydroxylation is 2. The largest absolute Gasteiger partial charge is 0.494 e. The van der Waals surface area contributed by atoms with E-state index in [-0.39, 0.29) is 5.91 Å². The molecule has 2 aromatic heterocycles. The number of fused-ring (bicyclic) bond motifs is 1. The third-order valence-corrected chi connectivity index (χ3v) is 5.38. The predicted molar refractivity (Wildman–Crippen MR) is 109 cm³/mol. The van der Waals surface area contributed by atoms with E-state index in [4.69, 9.17) is 9.72 Å². The van der Waals surface area contributed by atoms with Crippen molar-refractivity contribution in [2.45, 2.75) is 20.4 Å². The first-order chi connectivity index (χ1) is 12.9. The number of hydrogen-bond donors (Lipinski definition) is 0. The minimum Gasteiger partial charge on any atom is -0.494 e. The van der Waals surface area contributed by atoms with Gasteiger partial charge >= 0.3 is 0 Å². The maximum Gasteiger partial charge on any atom is 0.280 e. The number of likely N-dealkylation sites (N-methyl/N-ethyl adjacent to an activating group) is 1. The zero-order chi connectivity index (χ0) is 19.6. The summed E-state index contributed by atoms with van der Waals surface area (Å²) in [5.41, 5.74) is 2.19. The van der Waals surface area contributed by atoms with E-state index in [1.54, 1.807) is 12.0 Å². The Morgan fingerprint density at radius 1 is 1.30 bits per heavy atom. The lowest BCUT2D eigenvalue weighted by molar-refractivity contribution is 0.0979. The van der Waals surface area contributed by atoms with Crippen molar-refractivity contribution in [3.8, 4) is 5.75 Å². The number of methoxy groups -OCH3 is 1. The number of hydrogen-bond acceptors (Lipinski definition) is 6. The van der Waals surface area contributed by atoms with E-state index < -0.39 is 0 Å². The van der Waals surface area contributed by atoms with Gasteiger partial charge in [-0.05, 0) is 46.1 Å². The maximum absolute atomic E-state index is 13.2. The number of benzene rings is 1. The monoisotopic (exact) mass is 387 g/mol. The molecular formula is C19H25N5O2S. The molecule has 8 heteroatoms. The first kappa shape index (κ1) is 19.3. The second kappa shape index (κ2) is 8.06. The SMILES string of the molecule is CCn1nc(C(=O)N(CCN(C)C)c2nc3c(OC)cccc3s2)cc1C. The molecule has 0 aliphatic heterocycles. The average molecular weight is 388 g/mol. The van der Waals surface area contributed by atoms with Crippen LogP contribution < -0.4 is 9.64 Å². The van der Waals surface area contributed by atoms with Crippen molar-refractivity contribution >= 4 is 32.6 Å². The van der Waals surface area contributed by atoms with Crippen LogP contribution in [0.2, 0.25) is 0 Å². The number of aromatic nitrogens is 3. The van der Waals surface area contributed by atoms with Gasteiger partial charge in [0.25, 0.3) is 5.91 Å². The number of thiazole rings is 1. The molecule has 0 spiro atoms. The fourth-order valence-corrected chi connectivity index (χ4v) is 3.86. The normalized spacial score (nSPS) is 11.3. The van der Waals surface area contributed by atoms with E-state index in [9.17, 15) is 4.79 Å². The lowest BCUT2D eigenvalue weighted by atomic mass is 10.3. The van der Waals surface area contributed by atoms with Crippen LogP contribution in [0.15, 0.2) is 24.3 Å². The molecule has 1 aromatic carbocycles. The van der Waals surface area contributed by atoms with Gasteiger partial charge in [-0.2, -0.15) is 5.10 Å². The second-order valence-electron chi connectivity index (χ2n) is 6.55. The summed E-state index contributed by atoms with van der Waals surface area (Å²) in [5.74, 6) is 0.575. The Kier molecular flexibility index (Phi) is 5.76. The highest BCUT2D eigenvalue weighted by Crippen LogP contribution is 2.34. The molecule has 7 nitrogen and oxygen atoms in total. The summed E-state index contributed by atoms with van der Waals surface area (Å²) in [7, 11) is 5.60. The number of para-hydroxylation sites is 1. The molecule has 0 unspecified atom stereocenters. The molecule has 0 aliphatic rings. The zero-order valence-corrected chi connectivity index (χ0v) is 17.2. The molecule has 2 heterocycles. The molecule has 144 valence electrons. The van der Waals surface area contributed by atoms with E-state index in [1.165, 1.54) is 11.3 Å². The molecule has 0 radical (unpaired) electrons. The summed E-state index contributed by atoms with van der Waals surface area (Å²) in [6.07, 6.45) is 0. The third kappa shape index (κ3) is 3.96. The molecule has 0 saturated carbocycles. The van der Waals surface area contributed by atoms with Crippen molar-refractivity contribution in [1.82, 2.24) is 19.7 Å². The van der Waals surface area contributed by atoms with Crippen molar-refractivity contribution < 1.29 is 9.53 Å². The van der Waals surface area contributed by atoms with Crippen molar-refractivity contribution in [2.24, 2.45) is 0 Å². The molecule has 3 aromatic rings. The molecule has 0 aliphatic carbocycles. The molecule has 0 saturated heterocycles. The van der Waals surface area contributed by atoms with Gasteiger partial charge in [0.15, 0.2) is 10.8 Å². The molecule has 3 rings (SSSR count). The predicted octanol–water partition coefficient (Wildman–Crippen LogP) is 3.04. The van der Waals surface area contributed by atoms with Gasteiger partial charge in [0.2, 0.25) is 0 Å². The van der Waals surface area contributed by atoms with E-state index >= 15 is 0 Å². The van der Waals surface area contributed by atoms with Gasteiger partial charge in [0.05, 0.1) is 11.8 Å². The van der Waals surface area contributed by atoms with Crippen LogP contribution in [0.1, 0.15) is 23.1 Å². The fraction of sp³-hybridized carbons (Fsp3) is 0.421. The van der Waals surface area contributed by atoms with E-state index in [1.807, 2.05) is 61.8 Å². The Bertz CT molecular complexity index is 947. The van der Waals surface area contributed by atoms with Crippen LogP contribution in [0.3, 0.4) is 0 Å². The second-order valence-corrected chi connectivity index (χ2v) is 7.56. The van der Waals surface area contributed by atoms with Crippen LogP contribution in [0.5, 0.6) is 5.75 Å². The van der Waals surface area contributed by atoms with E-state index in [2.05, 4.69) is 5.10 Å². The smallest absolute Gasteiger partial charge is 0.280 e. The van der Waals surface area contributed by atoms with Crippen LogP contribution in [-0.4, -0.2) is 59.9 Å². The van der Waals surface area contributed by atoms with Crippen LogP contribution in [0.4, 0.5) is 5.13 Å². The molecular weight excluding hydrogens is 362 g/mol. The van der Waals surface area contributed by atoms with Gasteiger partial charge in [-0.15, -0.1) is 0 Å². The lowest BCUT2D eigenvalue weighted by Gasteiger charge is -2.21. The van der Waals surface area contributed by atoms with Gasteiger partial charge in [-0.3, -0.25) is 14.4 Å². The Morgan fingerprint density at radius 2 is 2.07 bits per heavy atom. The number of anilines is 1. The van der Waals surface area contributed by atoms with Crippen LogP contribution in [0.25, 0.3) is 10.2 Å². The summed E-state index contributed by atoms with van der Waals surface area (Å²) >= 11 is 1.49. The van der Waals surface area contributed by atoms with Gasteiger partial charge in [0.1, 0.15) is 11.3 Å². The van der Waals surface area contributed by atoms with E-state index in [0.717, 1.165) is 29.0 Å². The first-order valence-corrected chi connectivity index (χ1v) is 9.70. The van der Waals surface area contributed by atoms with Crippen molar-refractivity contribution in [3.63, 3.8) is 0 Å². The Hall–Kier alpha value is -2.45. The van der Waals surface area contributed by atoms with Crippen LogP contribution >= 0.6 is 11.3 Å². The van der Waals surface area contributed by atoms with Crippen molar-refractivity contribution in [1.29, 1.82) is 0 Å². The van der Waals surface area contributed by atoms with Gasteiger partial charge < -0.3 is 9.64 Å². The Labute approximate surface area is 163 Å². The highest BCUT2D eigenvalue weighted by atomic mass is 32.1. The summed E-state index contributed by atoms with van der Waals surface area (Å²) in [6.45, 7) is 5.96. The Balaban J connectivity index is 2.01. The van der Waals surface area contributed by atoms with Crippen LogP contribution in [0, 0.1) is 6.92 Å². The summed E-state index contributed by atoms with van der Waals surface area (Å²) < 4.78 is 8.23. The summed E-state index contributed by atoms with van der Waals surface area (Å²) in [4.78, 5) is 21.7. The fourth-order valence-electron chi connectivity index (χ4n) is 2.85. The average Bonchev–Trinajstić information content (AvgIpc) is 3.24. The standard InChI is InChI=1S/C19H25N5O2S/c1-6-24-13(2)12-14(21-24)18(25)23(11-10-22(3)4)19-20-17-15(26-5)8-7-9-16(17)27-19/h7-9,12H,6,10-11H2,1-5H3. The number of rotatable bonds is 7. The quantitative estimate of drug-likeness (QED) is 0.623. The minimum atomic E-state index is -0.134. The first-order valence-electron chi connectivity index (χ1n) is 8.89. The molecule has 1 amide bonds. The number of carbonyl (C=O) groups is 1. The topological polar surface area (TPSA) is 63.5 Å². The number of nitrogens with zero attached hydrogens (tertiary/aromatic N) is 5. The summed E-state index contributed by atoms with van der Waals surface area (Å²) in [5, 5.41) is 5.11. The van der Waals surface area contributed by atoms with Gasteiger partial charge in [-0.25, -0.2) is 4.98 Å². The van der Waals surface area contributed by atoms with Crippen LogP contribution in [-0.2, 0) is 6.54 Å². The Morgan fingerprint density at radius 3 is 2.70 bits per heavy atom. The molecule has 0 atom stereocenters. The molecule has 0 fully saturated rings. The number of carbonyl (C=O) groups excluding carboxylic acids is 1. The highest BCUT2D eigenvalue weighted by Gasteiger charge is 2.24. The zero-order valence-electron chi connectivity index (χ0n) is 16.4. The summed E-state index contributed by atoms with van der Waals surface area (Å²) in [6, 6.07) is 7.64. The molecule has 27 heavy (non-hydrogen) atoms. The molecule has 0 N–H and O–H groups in total. The van der Waals surface area contributed by atoms with Gasteiger partial charge in [0, 0.05) is 25.3 Å². The van der Waals surface area contributed by atoms with Crippen molar-refractivity contribution in [3.05, 3.63) is 35.7 Å². The third-order valence-electron chi connectivity index (χ3n) is 4.34. The lowest BCUT2D eigenvalue weighted by Crippen LogP contribution is -2.37. The van der Waals surface area contributed by atoms with Crippen molar-refractivity contribution in [2.75, 3.05) is 39.2 Å². The molecule has 0 bridgehead atoms. The minimum absolute atomic E-state index is 0.134. The highest BCUT2D eigenvalue weighted by molar-refractivity contribution is 7.22. The number of amides is 1. The van der Waals surface area contributed by atoms with E-state index in [0.29, 0.717) is 23.1 Å². The maximum atomic E-state index is 13.2. The van der Waals surface area contributed by atoms with Gasteiger partial charge in [-0.1, -0.05) is 17.4 Å².